The molecule has 0 spiro atoms. The van der Waals surface area contributed by atoms with E-state index < -0.39 is 15.6 Å². The molecular weight excluding hydrogens is 288 g/mol. The number of benzene rings is 1. The van der Waals surface area contributed by atoms with Crippen LogP contribution < -0.4 is 5.73 Å². The molecule has 0 aliphatic rings. The lowest BCUT2D eigenvalue weighted by Gasteiger charge is -2.29. The van der Waals surface area contributed by atoms with Gasteiger partial charge in [0.05, 0.1) is 10.5 Å². The maximum absolute atomic E-state index is 12.9. The van der Waals surface area contributed by atoms with Crippen molar-refractivity contribution >= 4 is 15.7 Å². The highest BCUT2D eigenvalue weighted by Crippen LogP contribution is 2.30. The predicted octanol–water partition coefficient (Wildman–Crippen LogP) is 1.98. The molecule has 0 saturated carbocycles. The van der Waals surface area contributed by atoms with Crippen LogP contribution >= 0.6 is 0 Å². The summed E-state index contributed by atoms with van der Waals surface area (Å²) in [7, 11) is -3.69. The second kappa shape index (κ2) is 5.94. The number of likely N-dealkylation sites (N-methyl/N-ethyl adjacent to an activating group) is 1. The Bertz CT molecular complexity index is 631. The Morgan fingerprint density at radius 3 is 2.19 bits per heavy atom. The molecule has 0 heterocycles. The first kappa shape index (κ1) is 17.9. The van der Waals surface area contributed by atoms with Crippen LogP contribution in [0.25, 0.3) is 0 Å². The highest BCUT2D eigenvalue weighted by atomic mass is 32.2. The molecule has 6 heteroatoms. The zero-order chi connectivity index (χ0) is 16.6. The minimum Gasteiger partial charge on any atom is -0.398 e. The predicted molar refractivity (Wildman–Crippen MR) is 85.8 cm³/mol. The van der Waals surface area contributed by atoms with E-state index in [4.69, 9.17) is 5.73 Å². The molecule has 0 atom stereocenters. The summed E-state index contributed by atoms with van der Waals surface area (Å²) >= 11 is 0. The van der Waals surface area contributed by atoms with E-state index in [0.29, 0.717) is 23.4 Å². The van der Waals surface area contributed by atoms with Gasteiger partial charge in [0.25, 0.3) is 0 Å². The smallest absolute Gasteiger partial charge is 0.243 e. The number of nitrogen functional groups attached to an aromatic ring is 1. The average Bonchev–Trinajstić information content (AvgIpc) is 2.31. The molecule has 21 heavy (non-hydrogen) atoms. The lowest BCUT2D eigenvalue weighted by molar-refractivity contribution is 0.0601. The number of aliphatic hydroxyl groups is 1. The molecule has 1 aromatic carbocycles. The van der Waals surface area contributed by atoms with Gasteiger partial charge in [0.1, 0.15) is 0 Å². The number of aryl methyl sites for hydroxylation is 2. The Balaban J connectivity index is 3.47. The Morgan fingerprint density at radius 2 is 1.76 bits per heavy atom. The number of rotatable bonds is 5. The molecule has 1 aromatic rings. The van der Waals surface area contributed by atoms with Gasteiger partial charge in [-0.15, -0.1) is 0 Å². The molecule has 120 valence electrons. The summed E-state index contributed by atoms with van der Waals surface area (Å²) in [4.78, 5) is 0.247. The Kier molecular flexibility index (Phi) is 5.08. The second-order valence-electron chi connectivity index (χ2n) is 6.12. The van der Waals surface area contributed by atoms with Crippen molar-refractivity contribution in [1.82, 2.24) is 4.31 Å². The van der Waals surface area contributed by atoms with Gasteiger partial charge in [-0.05, 0) is 51.3 Å². The van der Waals surface area contributed by atoms with Gasteiger partial charge in [-0.25, -0.2) is 8.42 Å². The molecule has 1 rings (SSSR count). The lowest BCUT2D eigenvalue weighted by Crippen LogP contribution is -2.42. The van der Waals surface area contributed by atoms with Crippen LogP contribution in [0.2, 0.25) is 0 Å². The van der Waals surface area contributed by atoms with Gasteiger partial charge in [0.15, 0.2) is 0 Å². The van der Waals surface area contributed by atoms with Gasteiger partial charge in [0, 0.05) is 18.8 Å². The summed E-state index contributed by atoms with van der Waals surface area (Å²) in [6.45, 7) is 10.6. The fourth-order valence-corrected chi connectivity index (χ4v) is 4.55. The van der Waals surface area contributed by atoms with Gasteiger partial charge in [-0.3, -0.25) is 0 Å². The number of nitrogens with zero attached hydrogens (tertiary/aromatic N) is 1. The van der Waals surface area contributed by atoms with Crippen molar-refractivity contribution < 1.29 is 13.5 Å². The highest BCUT2D eigenvalue weighted by Gasteiger charge is 2.31. The van der Waals surface area contributed by atoms with Crippen LogP contribution in [0, 0.1) is 20.8 Å². The SMILES string of the molecule is CCN(CC(C)(C)O)S(=O)(=O)c1c(C)cc(C)c(N)c1C. The van der Waals surface area contributed by atoms with Crippen LogP contribution in [0.3, 0.4) is 0 Å². The van der Waals surface area contributed by atoms with Crippen molar-refractivity contribution in [2.75, 3.05) is 18.8 Å². The van der Waals surface area contributed by atoms with Gasteiger partial charge in [0.2, 0.25) is 10.0 Å². The van der Waals surface area contributed by atoms with E-state index in [1.807, 2.05) is 6.92 Å². The third-order valence-corrected chi connectivity index (χ3v) is 5.69. The number of anilines is 1. The zero-order valence-corrected chi connectivity index (χ0v) is 14.5. The molecule has 5 nitrogen and oxygen atoms in total. The fourth-order valence-electron chi connectivity index (χ4n) is 2.51. The molecule has 0 unspecified atom stereocenters. The van der Waals surface area contributed by atoms with Gasteiger partial charge in [-0.1, -0.05) is 13.0 Å². The molecule has 0 amide bonds. The maximum atomic E-state index is 12.9. The van der Waals surface area contributed by atoms with Crippen molar-refractivity contribution in [3.05, 3.63) is 22.8 Å². The summed E-state index contributed by atoms with van der Waals surface area (Å²) in [5.41, 5.74) is 7.50. The van der Waals surface area contributed by atoms with Crippen molar-refractivity contribution in [3.63, 3.8) is 0 Å². The second-order valence-corrected chi connectivity index (χ2v) is 8.00. The first-order chi connectivity index (χ1) is 9.41. The van der Waals surface area contributed by atoms with Crippen LogP contribution in [0.4, 0.5) is 5.69 Å². The monoisotopic (exact) mass is 314 g/mol. The van der Waals surface area contributed by atoms with Gasteiger partial charge < -0.3 is 10.8 Å². The molecule has 0 aromatic heterocycles. The van der Waals surface area contributed by atoms with Gasteiger partial charge >= 0.3 is 0 Å². The van der Waals surface area contributed by atoms with Gasteiger partial charge in [-0.2, -0.15) is 4.31 Å². The molecule has 0 bridgehead atoms. The fraction of sp³-hybridized carbons (Fsp3) is 0.600. The van der Waals surface area contributed by atoms with Crippen LogP contribution in [-0.2, 0) is 10.0 Å². The molecule has 0 radical (unpaired) electrons. The Hall–Kier alpha value is -1.11. The number of sulfonamides is 1. The summed E-state index contributed by atoms with van der Waals surface area (Å²) in [5.74, 6) is 0. The largest absolute Gasteiger partial charge is 0.398 e. The van der Waals surface area contributed by atoms with E-state index in [9.17, 15) is 13.5 Å². The van der Waals surface area contributed by atoms with E-state index in [-0.39, 0.29) is 11.4 Å². The van der Waals surface area contributed by atoms with Crippen LogP contribution in [0.1, 0.15) is 37.5 Å². The minimum atomic E-state index is -3.69. The number of hydrogen-bond acceptors (Lipinski definition) is 4. The Morgan fingerprint density at radius 1 is 1.24 bits per heavy atom. The summed E-state index contributed by atoms with van der Waals surface area (Å²) in [6.07, 6.45) is 0. The van der Waals surface area contributed by atoms with Crippen LogP contribution in [0.5, 0.6) is 0 Å². The van der Waals surface area contributed by atoms with E-state index in [1.165, 1.54) is 4.31 Å². The normalized spacial score (nSPS) is 13.0. The quantitative estimate of drug-likeness (QED) is 0.814. The summed E-state index contributed by atoms with van der Waals surface area (Å²) in [5, 5.41) is 9.94. The molecule has 3 N–H and O–H groups in total. The molecular formula is C15H26N2O3S. The van der Waals surface area contributed by atoms with E-state index in [1.54, 1.807) is 40.7 Å². The molecule has 0 aliphatic heterocycles. The number of hydrogen-bond donors (Lipinski definition) is 2. The standard InChI is InChI=1S/C15H26N2O3S/c1-7-17(9-15(5,6)18)21(19,20)14-11(3)8-10(2)13(16)12(14)4/h8,18H,7,9,16H2,1-6H3. The maximum Gasteiger partial charge on any atom is 0.243 e. The minimum absolute atomic E-state index is 0.0402. The molecule has 0 fully saturated rings. The lowest BCUT2D eigenvalue weighted by atomic mass is 10.1. The summed E-state index contributed by atoms with van der Waals surface area (Å²) in [6, 6.07) is 1.78. The van der Waals surface area contributed by atoms with Crippen molar-refractivity contribution in [3.8, 4) is 0 Å². The van der Waals surface area contributed by atoms with Crippen molar-refractivity contribution in [2.24, 2.45) is 0 Å². The molecule has 0 aliphatic carbocycles. The zero-order valence-electron chi connectivity index (χ0n) is 13.7. The summed E-state index contributed by atoms with van der Waals surface area (Å²) < 4.78 is 27.1. The van der Waals surface area contributed by atoms with E-state index in [2.05, 4.69) is 0 Å². The first-order valence-corrected chi connectivity index (χ1v) is 8.44. The van der Waals surface area contributed by atoms with Crippen molar-refractivity contribution in [1.29, 1.82) is 0 Å². The van der Waals surface area contributed by atoms with Crippen LogP contribution in [-0.4, -0.2) is 36.5 Å². The molecule has 0 saturated heterocycles. The topological polar surface area (TPSA) is 83.6 Å². The highest BCUT2D eigenvalue weighted by molar-refractivity contribution is 7.89. The third-order valence-electron chi connectivity index (χ3n) is 3.47. The average molecular weight is 314 g/mol. The van der Waals surface area contributed by atoms with Crippen LogP contribution in [0.15, 0.2) is 11.0 Å². The van der Waals surface area contributed by atoms with E-state index in [0.717, 1.165) is 5.56 Å². The number of nitrogens with two attached hydrogens (primary N) is 1. The first-order valence-electron chi connectivity index (χ1n) is 7.00. The Labute approximate surface area is 127 Å². The van der Waals surface area contributed by atoms with Crippen molar-refractivity contribution in [2.45, 2.75) is 52.0 Å². The van der Waals surface area contributed by atoms with E-state index >= 15 is 0 Å². The third kappa shape index (κ3) is 3.75.